The van der Waals surface area contributed by atoms with Gasteiger partial charge in [-0.2, -0.15) is 0 Å². The van der Waals surface area contributed by atoms with Crippen molar-refractivity contribution in [3.8, 4) is 5.75 Å². The molecule has 0 aromatic heterocycles. The minimum atomic E-state index is -3.10. The molecule has 0 aliphatic carbocycles. The van der Waals surface area contributed by atoms with Crippen LogP contribution in [0.2, 0.25) is 0 Å². The van der Waals surface area contributed by atoms with E-state index < -0.39 is 10.0 Å². The van der Waals surface area contributed by atoms with Crippen LogP contribution in [0.3, 0.4) is 0 Å². The summed E-state index contributed by atoms with van der Waals surface area (Å²) in [7, 11) is -1.36. The highest BCUT2D eigenvalue weighted by Crippen LogP contribution is 2.21. The Bertz CT molecular complexity index is 802. The summed E-state index contributed by atoms with van der Waals surface area (Å²) >= 11 is 0. The molecule has 0 spiro atoms. The molecule has 1 atom stereocenters. The zero-order valence-corrected chi connectivity index (χ0v) is 22.5. The molecule has 2 N–H and O–H groups in total. The number of benzene rings is 1. The molecular formula is C22H39IN4O3S. The Morgan fingerprint density at radius 3 is 2.68 bits per heavy atom. The zero-order valence-electron chi connectivity index (χ0n) is 19.3. The molecular weight excluding hydrogens is 527 g/mol. The number of sulfonamides is 1. The van der Waals surface area contributed by atoms with Gasteiger partial charge in [0.1, 0.15) is 5.75 Å². The summed E-state index contributed by atoms with van der Waals surface area (Å²) in [5.41, 5.74) is 2.28. The largest absolute Gasteiger partial charge is 0.493 e. The van der Waals surface area contributed by atoms with E-state index in [1.54, 1.807) is 11.4 Å². The molecule has 2 rings (SSSR count). The lowest BCUT2D eigenvalue weighted by Crippen LogP contribution is -2.40. The highest BCUT2D eigenvalue weighted by Gasteiger charge is 2.28. The lowest BCUT2D eigenvalue weighted by molar-refractivity contribution is 0.301. The fourth-order valence-electron chi connectivity index (χ4n) is 3.56. The summed E-state index contributed by atoms with van der Waals surface area (Å²) in [6.07, 6.45) is 6.88. The van der Waals surface area contributed by atoms with E-state index in [2.05, 4.69) is 47.7 Å². The minimum absolute atomic E-state index is 0. The van der Waals surface area contributed by atoms with Crippen molar-refractivity contribution in [2.24, 2.45) is 10.9 Å². The summed E-state index contributed by atoms with van der Waals surface area (Å²) in [5.74, 6) is 1.93. The molecule has 0 saturated carbocycles. The number of ether oxygens (including phenoxy) is 1. The lowest BCUT2D eigenvalue weighted by atomic mass is 10.1. The Balaban J connectivity index is 0.00000480. The van der Waals surface area contributed by atoms with Gasteiger partial charge in [0.25, 0.3) is 0 Å². The molecule has 1 unspecified atom stereocenters. The predicted molar refractivity (Wildman–Crippen MR) is 139 cm³/mol. The Hall–Kier alpha value is -1.07. The van der Waals surface area contributed by atoms with Crippen molar-refractivity contribution in [2.75, 3.05) is 39.5 Å². The Kier molecular flexibility index (Phi) is 12.8. The smallest absolute Gasteiger partial charge is 0.211 e. The van der Waals surface area contributed by atoms with Gasteiger partial charge >= 0.3 is 0 Å². The van der Waals surface area contributed by atoms with Crippen molar-refractivity contribution in [1.82, 2.24) is 14.9 Å². The number of hydrogen-bond acceptors (Lipinski definition) is 4. The van der Waals surface area contributed by atoms with Crippen molar-refractivity contribution in [3.63, 3.8) is 0 Å². The number of rotatable bonds is 11. The van der Waals surface area contributed by atoms with Gasteiger partial charge in [0.15, 0.2) is 5.96 Å². The second kappa shape index (κ2) is 14.2. The maximum atomic E-state index is 11.7. The summed E-state index contributed by atoms with van der Waals surface area (Å²) in [5, 5.41) is 6.68. The molecule has 9 heteroatoms. The van der Waals surface area contributed by atoms with Crippen molar-refractivity contribution >= 4 is 40.0 Å². The van der Waals surface area contributed by atoms with Crippen LogP contribution in [0.5, 0.6) is 5.75 Å². The highest BCUT2D eigenvalue weighted by molar-refractivity contribution is 14.0. The minimum Gasteiger partial charge on any atom is -0.493 e. The first-order chi connectivity index (χ1) is 14.3. The molecule has 1 fully saturated rings. The van der Waals surface area contributed by atoms with E-state index in [0.717, 1.165) is 30.8 Å². The molecule has 1 aromatic rings. The van der Waals surface area contributed by atoms with Gasteiger partial charge in [-0.25, -0.2) is 12.7 Å². The monoisotopic (exact) mass is 566 g/mol. The van der Waals surface area contributed by atoms with Gasteiger partial charge in [0.2, 0.25) is 10.0 Å². The summed E-state index contributed by atoms with van der Waals surface area (Å²) in [6, 6.07) is 6.28. The Morgan fingerprint density at radius 2 is 2.03 bits per heavy atom. The topological polar surface area (TPSA) is 83.0 Å². The van der Waals surface area contributed by atoms with Crippen LogP contribution in [0.15, 0.2) is 23.2 Å². The van der Waals surface area contributed by atoms with Crippen LogP contribution < -0.4 is 15.4 Å². The van der Waals surface area contributed by atoms with Gasteiger partial charge < -0.3 is 15.4 Å². The fourth-order valence-corrected chi connectivity index (χ4v) is 4.48. The van der Waals surface area contributed by atoms with E-state index in [4.69, 9.17) is 4.74 Å². The molecule has 1 aliphatic rings. The molecule has 0 bridgehead atoms. The molecule has 1 aliphatic heterocycles. The maximum absolute atomic E-state index is 11.7. The average molecular weight is 567 g/mol. The van der Waals surface area contributed by atoms with Crippen LogP contribution in [0.25, 0.3) is 0 Å². The number of hydrogen-bond donors (Lipinski definition) is 2. The number of unbranched alkanes of at least 4 members (excludes halogenated alkanes) is 3. The van der Waals surface area contributed by atoms with Gasteiger partial charge in [-0.3, -0.25) is 4.99 Å². The summed E-state index contributed by atoms with van der Waals surface area (Å²) in [6.45, 7) is 7.49. The van der Waals surface area contributed by atoms with Gasteiger partial charge in [-0.05, 0) is 37.3 Å². The molecule has 0 radical (unpaired) electrons. The molecule has 178 valence electrons. The number of aliphatic imine (C=N–C) groups is 1. The molecule has 1 aromatic carbocycles. The van der Waals surface area contributed by atoms with E-state index in [1.807, 2.05) is 0 Å². The van der Waals surface area contributed by atoms with E-state index in [1.165, 1.54) is 31.1 Å². The number of nitrogens with zero attached hydrogens (tertiary/aromatic N) is 2. The fraction of sp³-hybridized carbons (Fsp3) is 0.682. The van der Waals surface area contributed by atoms with E-state index in [9.17, 15) is 8.42 Å². The van der Waals surface area contributed by atoms with Gasteiger partial charge in [-0.15, -0.1) is 24.0 Å². The van der Waals surface area contributed by atoms with Crippen LogP contribution in [0, 0.1) is 12.8 Å². The Labute approximate surface area is 205 Å². The first-order valence-electron chi connectivity index (χ1n) is 11.0. The highest BCUT2D eigenvalue weighted by atomic mass is 127. The van der Waals surface area contributed by atoms with Crippen LogP contribution in [0.1, 0.15) is 50.2 Å². The maximum Gasteiger partial charge on any atom is 0.211 e. The Morgan fingerprint density at radius 1 is 1.26 bits per heavy atom. The van der Waals surface area contributed by atoms with Crippen molar-refractivity contribution < 1.29 is 13.2 Å². The second-order valence-corrected chi connectivity index (χ2v) is 10.1. The molecule has 7 nitrogen and oxygen atoms in total. The SMILES string of the molecule is CCCCCCOc1cc(C)ccc1CNC(=NC)NCC1CCN(S(C)(=O)=O)C1.I. The third-order valence-corrected chi connectivity index (χ3v) is 6.69. The van der Waals surface area contributed by atoms with Crippen molar-refractivity contribution in [3.05, 3.63) is 29.3 Å². The predicted octanol–water partition coefficient (Wildman–Crippen LogP) is 3.52. The van der Waals surface area contributed by atoms with Gasteiger partial charge in [0.05, 0.1) is 12.9 Å². The van der Waals surface area contributed by atoms with Crippen LogP contribution >= 0.6 is 24.0 Å². The third-order valence-electron chi connectivity index (χ3n) is 5.42. The molecule has 31 heavy (non-hydrogen) atoms. The molecule has 1 heterocycles. The first kappa shape index (κ1) is 28.0. The second-order valence-electron chi connectivity index (χ2n) is 8.10. The van der Waals surface area contributed by atoms with Crippen molar-refractivity contribution in [1.29, 1.82) is 0 Å². The summed E-state index contributed by atoms with van der Waals surface area (Å²) in [4.78, 5) is 4.30. The first-order valence-corrected chi connectivity index (χ1v) is 12.8. The average Bonchev–Trinajstić information content (AvgIpc) is 3.19. The number of halogens is 1. The van der Waals surface area contributed by atoms with E-state index >= 15 is 0 Å². The quantitative estimate of drug-likeness (QED) is 0.186. The molecule has 1 saturated heterocycles. The lowest BCUT2D eigenvalue weighted by Gasteiger charge is -2.17. The van der Waals surface area contributed by atoms with Crippen molar-refractivity contribution in [2.45, 2.75) is 52.5 Å². The standard InChI is InChI=1S/C22H38N4O3S.HI/c1-5-6-7-8-13-29-21-14-18(2)9-10-20(21)16-25-22(23-3)24-15-19-11-12-26(17-19)30(4,27)28;/h9-10,14,19H,5-8,11-13,15-17H2,1-4H3,(H2,23,24,25);1H. The number of nitrogens with one attached hydrogen (secondary N) is 2. The van der Waals surface area contributed by atoms with Crippen LogP contribution in [-0.2, 0) is 16.6 Å². The van der Waals surface area contributed by atoms with E-state index in [-0.39, 0.29) is 24.0 Å². The summed E-state index contributed by atoms with van der Waals surface area (Å²) < 4.78 is 30.9. The van der Waals surface area contributed by atoms with E-state index in [0.29, 0.717) is 38.1 Å². The van der Waals surface area contributed by atoms with Gasteiger partial charge in [-0.1, -0.05) is 38.3 Å². The van der Waals surface area contributed by atoms with Crippen LogP contribution in [0.4, 0.5) is 0 Å². The third kappa shape index (κ3) is 9.95. The van der Waals surface area contributed by atoms with Gasteiger partial charge in [0, 0.05) is 38.8 Å². The normalized spacial score (nSPS) is 17.3. The van der Waals surface area contributed by atoms with Crippen LogP contribution in [-0.4, -0.2) is 58.2 Å². The molecule has 0 amide bonds. The zero-order chi connectivity index (χ0) is 22.0. The number of guanidine groups is 1. The number of aryl methyl sites for hydroxylation is 1.